The number of nitrogens with one attached hydrogen (secondary N) is 1. The van der Waals surface area contributed by atoms with Crippen LogP contribution in [0.25, 0.3) is 0 Å². The van der Waals surface area contributed by atoms with E-state index in [4.69, 9.17) is 4.42 Å². The molecule has 0 spiro atoms. The number of hydrogen-bond donors (Lipinski definition) is 1. The minimum absolute atomic E-state index is 0.0390. The molecule has 0 aromatic carbocycles. The molecule has 0 aliphatic carbocycles. The quantitative estimate of drug-likeness (QED) is 0.714. The Kier molecular flexibility index (Phi) is 6.98. The summed E-state index contributed by atoms with van der Waals surface area (Å²) in [7, 11) is -3.13. The van der Waals surface area contributed by atoms with Gasteiger partial charge in [-0.2, -0.15) is 11.8 Å². The van der Waals surface area contributed by atoms with Crippen LogP contribution in [-0.2, 0) is 20.6 Å². The number of nitrogens with zero attached hydrogens (tertiary/aromatic N) is 1. The zero-order chi connectivity index (χ0) is 16.7. The molecule has 0 saturated carbocycles. The van der Waals surface area contributed by atoms with Crippen molar-refractivity contribution in [3.05, 3.63) is 24.2 Å². The van der Waals surface area contributed by atoms with Gasteiger partial charge >= 0.3 is 0 Å². The molecule has 1 aromatic rings. The van der Waals surface area contributed by atoms with Gasteiger partial charge in [0.2, 0.25) is 15.9 Å². The fraction of sp³-hybridized carbons (Fsp3) is 0.667. The van der Waals surface area contributed by atoms with Crippen molar-refractivity contribution in [3.63, 3.8) is 0 Å². The van der Waals surface area contributed by atoms with Gasteiger partial charge in [-0.25, -0.2) is 12.7 Å². The predicted octanol–water partition coefficient (Wildman–Crippen LogP) is 1.69. The summed E-state index contributed by atoms with van der Waals surface area (Å²) in [5, 5.41) is 2.94. The molecule has 2 rings (SSSR count). The largest absolute Gasteiger partial charge is 0.468 e. The van der Waals surface area contributed by atoms with Gasteiger partial charge in [0, 0.05) is 31.3 Å². The number of hydrogen-bond acceptors (Lipinski definition) is 5. The molecule has 1 aliphatic heterocycles. The highest BCUT2D eigenvalue weighted by molar-refractivity contribution is 7.98. The highest BCUT2D eigenvalue weighted by Crippen LogP contribution is 2.20. The summed E-state index contributed by atoms with van der Waals surface area (Å²) < 4.78 is 30.3. The Morgan fingerprint density at radius 2 is 2.17 bits per heavy atom. The minimum Gasteiger partial charge on any atom is -0.468 e. The molecule has 0 bridgehead atoms. The number of rotatable bonds is 8. The number of sulfonamides is 1. The first-order chi connectivity index (χ1) is 11.0. The van der Waals surface area contributed by atoms with Crippen molar-refractivity contribution in [3.8, 4) is 0 Å². The lowest BCUT2D eigenvalue weighted by Gasteiger charge is -2.30. The van der Waals surface area contributed by atoms with E-state index >= 15 is 0 Å². The zero-order valence-corrected chi connectivity index (χ0v) is 15.0. The van der Waals surface area contributed by atoms with Gasteiger partial charge in [-0.3, -0.25) is 4.79 Å². The Morgan fingerprint density at radius 3 is 2.78 bits per heavy atom. The van der Waals surface area contributed by atoms with E-state index in [0.29, 0.717) is 32.5 Å². The first-order valence-corrected chi connectivity index (χ1v) is 10.6. The lowest BCUT2D eigenvalue weighted by atomic mass is 9.97. The maximum atomic E-state index is 12.1. The number of piperidine rings is 1. The summed E-state index contributed by atoms with van der Waals surface area (Å²) in [5.41, 5.74) is 0. The fourth-order valence-electron chi connectivity index (χ4n) is 2.54. The first-order valence-electron chi connectivity index (χ1n) is 7.88. The Morgan fingerprint density at radius 1 is 1.43 bits per heavy atom. The summed E-state index contributed by atoms with van der Waals surface area (Å²) in [5.74, 6) is 2.65. The summed E-state index contributed by atoms with van der Waals surface area (Å²) in [4.78, 5) is 12.1. The van der Waals surface area contributed by atoms with E-state index in [1.807, 2.05) is 12.1 Å². The molecule has 23 heavy (non-hydrogen) atoms. The van der Waals surface area contributed by atoms with E-state index in [1.165, 1.54) is 4.31 Å². The third kappa shape index (κ3) is 5.54. The molecule has 1 fully saturated rings. The van der Waals surface area contributed by atoms with E-state index in [0.717, 1.165) is 17.3 Å². The molecule has 0 unspecified atom stereocenters. The zero-order valence-electron chi connectivity index (χ0n) is 13.4. The van der Waals surface area contributed by atoms with E-state index in [1.54, 1.807) is 24.9 Å². The summed E-state index contributed by atoms with van der Waals surface area (Å²) in [6, 6.07) is 3.80. The summed E-state index contributed by atoms with van der Waals surface area (Å²) >= 11 is 1.71. The summed E-state index contributed by atoms with van der Waals surface area (Å²) in [6.45, 7) is 3.16. The van der Waals surface area contributed by atoms with Crippen LogP contribution >= 0.6 is 11.8 Å². The Labute approximate surface area is 142 Å². The molecular weight excluding hydrogens is 336 g/mol. The standard InChI is InChI=1S/C15H24N2O4S2/c1-2-23(19,20)17-8-5-13(6-9-17)15(18)16-7-11-22-12-14-4-3-10-21-14/h3-4,10,13H,2,5-9,11-12H2,1H3,(H,16,18). The molecular formula is C15H24N2O4S2. The minimum atomic E-state index is -3.13. The third-order valence-corrected chi connectivity index (χ3v) is 6.82. The van der Waals surface area contributed by atoms with Gasteiger partial charge in [-0.1, -0.05) is 0 Å². The Hall–Kier alpha value is -0.990. The molecule has 1 aliphatic rings. The van der Waals surface area contributed by atoms with Gasteiger partial charge in [0.25, 0.3) is 0 Å². The molecule has 0 radical (unpaired) electrons. The normalized spacial score (nSPS) is 17.3. The molecule has 1 amide bonds. The highest BCUT2D eigenvalue weighted by Gasteiger charge is 2.29. The van der Waals surface area contributed by atoms with Crippen LogP contribution in [0.4, 0.5) is 0 Å². The van der Waals surface area contributed by atoms with Crippen molar-refractivity contribution < 1.29 is 17.6 Å². The molecule has 6 nitrogen and oxygen atoms in total. The third-order valence-electron chi connectivity index (χ3n) is 3.95. The van der Waals surface area contributed by atoms with Crippen molar-refractivity contribution in [1.29, 1.82) is 0 Å². The number of furan rings is 1. The van der Waals surface area contributed by atoms with E-state index < -0.39 is 10.0 Å². The summed E-state index contributed by atoms with van der Waals surface area (Å²) in [6.07, 6.45) is 2.86. The van der Waals surface area contributed by atoms with Crippen molar-refractivity contribution >= 4 is 27.7 Å². The van der Waals surface area contributed by atoms with Crippen LogP contribution in [0.1, 0.15) is 25.5 Å². The van der Waals surface area contributed by atoms with Crippen LogP contribution in [0.15, 0.2) is 22.8 Å². The Bertz CT molecular complexity index is 579. The number of amides is 1. The second-order valence-electron chi connectivity index (χ2n) is 5.50. The fourth-order valence-corrected chi connectivity index (χ4v) is 4.43. The molecule has 2 heterocycles. The van der Waals surface area contributed by atoms with Crippen LogP contribution in [-0.4, -0.2) is 49.8 Å². The van der Waals surface area contributed by atoms with Crippen molar-refractivity contribution in [2.75, 3.05) is 31.1 Å². The van der Waals surface area contributed by atoms with Gasteiger partial charge in [-0.15, -0.1) is 0 Å². The van der Waals surface area contributed by atoms with E-state index in [-0.39, 0.29) is 17.6 Å². The van der Waals surface area contributed by atoms with Crippen LogP contribution in [0.2, 0.25) is 0 Å². The van der Waals surface area contributed by atoms with Gasteiger partial charge in [0.1, 0.15) is 5.76 Å². The van der Waals surface area contributed by atoms with Crippen LogP contribution in [0.5, 0.6) is 0 Å². The van der Waals surface area contributed by atoms with Gasteiger partial charge in [-0.05, 0) is 31.9 Å². The molecule has 0 atom stereocenters. The highest BCUT2D eigenvalue weighted by atomic mass is 32.2. The number of carbonyl (C=O) groups is 1. The molecule has 8 heteroatoms. The van der Waals surface area contributed by atoms with Crippen molar-refractivity contribution in [1.82, 2.24) is 9.62 Å². The Balaban J connectivity index is 1.61. The first kappa shape index (κ1) is 18.4. The lowest BCUT2D eigenvalue weighted by molar-refractivity contribution is -0.125. The van der Waals surface area contributed by atoms with Crippen LogP contribution in [0, 0.1) is 5.92 Å². The van der Waals surface area contributed by atoms with Crippen LogP contribution < -0.4 is 5.32 Å². The van der Waals surface area contributed by atoms with Crippen molar-refractivity contribution in [2.24, 2.45) is 5.92 Å². The van der Waals surface area contributed by atoms with Gasteiger partial charge in [0.05, 0.1) is 17.8 Å². The van der Waals surface area contributed by atoms with Crippen LogP contribution in [0.3, 0.4) is 0 Å². The molecule has 1 saturated heterocycles. The maximum absolute atomic E-state index is 12.1. The van der Waals surface area contributed by atoms with Gasteiger partial charge in [0.15, 0.2) is 0 Å². The predicted molar refractivity (Wildman–Crippen MR) is 91.6 cm³/mol. The average Bonchev–Trinajstić information content (AvgIpc) is 3.08. The van der Waals surface area contributed by atoms with Crippen molar-refractivity contribution in [2.45, 2.75) is 25.5 Å². The topological polar surface area (TPSA) is 79.6 Å². The molecule has 1 aromatic heterocycles. The maximum Gasteiger partial charge on any atom is 0.223 e. The number of carbonyl (C=O) groups excluding carboxylic acids is 1. The second-order valence-corrected chi connectivity index (χ2v) is 8.86. The van der Waals surface area contributed by atoms with E-state index in [9.17, 15) is 13.2 Å². The average molecular weight is 361 g/mol. The van der Waals surface area contributed by atoms with E-state index in [2.05, 4.69) is 5.32 Å². The lowest BCUT2D eigenvalue weighted by Crippen LogP contribution is -2.43. The van der Waals surface area contributed by atoms with Gasteiger partial charge < -0.3 is 9.73 Å². The monoisotopic (exact) mass is 360 g/mol. The second kappa shape index (κ2) is 8.75. The SMILES string of the molecule is CCS(=O)(=O)N1CCC(C(=O)NCCSCc2ccco2)CC1. The molecule has 1 N–H and O–H groups in total. The molecule has 130 valence electrons. The number of thioether (sulfide) groups is 1. The smallest absolute Gasteiger partial charge is 0.223 e.